The first-order chi connectivity index (χ1) is 5.33. The van der Waals surface area contributed by atoms with Crippen molar-refractivity contribution in [2.75, 3.05) is 0 Å². The highest BCUT2D eigenvalue weighted by Gasteiger charge is 2.00. The molecule has 1 heterocycles. The molecule has 1 aromatic rings. The van der Waals surface area contributed by atoms with Crippen LogP contribution in [0.15, 0.2) is 18.7 Å². The molecule has 0 unspecified atom stereocenters. The topological polar surface area (TPSA) is 34.9 Å². The molecule has 0 fully saturated rings. The van der Waals surface area contributed by atoms with E-state index in [-0.39, 0.29) is 5.12 Å². The molecule has 0 atom stereocenters. The van der Waals surface area contributed by atoms with Crippen molar-refractivity contribution in [2.24, 2.45) is 0 Å². The zero-order chi connectivity index (χ0) is 8.10. The largest absolute Gasteiger partial charge is 0.285 e. The fraction of sp³-hybridized carbons (Fsp3) is 0.429. The molecule has 0 aromatic carbocycles. The van der Waals surface area contributed by atoms with Gasteiger partial charge in [0.2, 0.25) is 5.12 Å². The highest BCUT2D eigenvalue weighted by Crippen LogP contribution is 2.09. The third-order valence-corrected chi connectivity index (χ3v) is 1.98. The Labute approximate surface area is 69.9 Å². The van der Waals surface area contributed by atoms with Crippen molar-refractivity contribution >= 4 is 17.1 Å². The zero-order valence-corrected chi connectivity index (χ0v) is 7.17. The second-order valence-corrected chi connectivity index (χ2v) is 3.20. The summed E-state index contributed by atoms with van der Waals surface area (Å²) in [7, 11) is 0. The Morgan fingerprint density at radius 1 is 1.73 bits per heavy atom. The van der Waals surface area contributed by atoms with Crippen LogP contribution in [0.5, 0.6) is 0 Å². The summed E-state index contributed by atoms with van der Waals surface area (Å²) in [6.07, 6.45) is 6.58. The number of carbonyl (C=O) groups excluding carboxylic acids is 1. The average Bonchev–Trinajstić information content (AvgIpc) is 2.40. The molecular formula is C7H10N2OS. The third kappa shape index (κ3) is 2.76. The van der Waals surface area contributed by atoms with Crippen molar-refractivity contribution < 1.29 is 4.79 Å². The van der Waals surface area contributed by atoms with Crippen LogP contribution >= 0.6 is 11.9 Å². The van der Waals surface area contributed by atoms with Crippen LogP contribution in [0.3, 0.4) is 0 Å². The molecule has 4 heteroatoms. The third-order valence-electron chi connectivity index (χ3n) is 1.14. The van der Waals surface area contributed by atoms with Crippen molar-refractivity contribution in [3.63, 3.8) is 0 Å². The predicted molar refractivity (Wildman–Crippen MR) is 45.1 cm³/mol. The van der Waals surface area contributed by atoms with Crippen LogP contribution in [0.4, 0.5) is 0 Å². The van der Waals surface area contributed by atoms with E-state index < -0.39 is 0 Å². The number of nitrogens with zero attached hydrogens (tertiary/aromatic N) is 2. The van der Waals surface area contributed by atoms with Crippen LogP contribution in [0.1, 0.15) is 19.8 Å². The van der Waals surface area contributed by atoms with Gasteiger partial charge in [-0.2, -0.15) is 0 Å². The highest BCUT2D eigenvalue weighted by molar-refractivity contribution is 8.12. The molecule has 3 nitrogen and oxygen atoms in total. The number of aromatic nitrogens is 2. The summed E-state index contributed by atoms with van der Waals surface area (Å²) in [6, 6.07) is 0. The second-order valence-electron chi connectivity index (χ2n) is 2.14. The van der Waals surface area contributed by atoms with E-state index in [0.717, 1.165) is 6.42 Å². The number of rotatable bonds is 3. The fourth-order valence-corrected chi connectivity index (χ4v) is 1.42. The number of carbonyl (C=O) groups is 1. The van der Waals surface area contributed by atoms with Crippen LogP contribution in [0.2, 0.25) is 0 Å². The molecule has 11 heavy (non-hydrogen) atoms. The average molecular weight is 170 g/mol. The molecule has 0 aliphatic heterocycles. The van der Waals surface area contributed by atoms with E-state index in [1.807, 2.05) is 6.92 Å². The lowest BCUT2D eigenvalue weighted by Gasteiger charge is -1.96. The molecule has 0 spiro atoms. The molecule has 0 aliphatic rings. The summed E-state index contributed by atoms with van der Waals surface area (Å²) in [4.78, 5) is 14.9. The van der Waals surface area contributed by atoms with Gasteiger partial charge in [0.25, 0.3) is 0 Å². The smallest absolute Gasteiger partial charge is 0.209 e. The summed E-state index contributed by atoms with van der Waals surface area (Å²) < 4.78 is 1.71. The predicted octanol–water partition coefficient (Wildman–Crippen LogP) is 1.71. The van der Waals surface area contributed by atoms with E-state index in [2.05, 4.69) is 4.98 Å². The van der Waals surface area contributed by atoms with Crippen LogP contribution in [-0.4, -0.2) is 14.1 Å². The van der Waals surface area contributed by atoms with Crippen molar-refractivity contribution in [3.8, 4) is 0 Å². The van der Waals surface area contributed by atoms with Gasteiger partial charge < -0.3 is 0 Å². The molecule has 0 bridgehead atoms. The van der Waals surface area contributed by atoms with Gasteiger partial charge in [0.15, 0.2) is 0 Å². The molecule has 0 saturated heterocycles. The number of hydrogen-bond donors (Lipinski definition) is 0. The molecule has 0 radical (unpaired) electrons. The van der Waals surface area contributed by atoms with Crippen molar-refractivity contribution in [2.45, 2.75) is 19.8 Å². The molecule has 1 rings (SSSR count). The number of hydrogen-bond acceptors (Lipinski definition) is 3. The minimum absolute atomic E-state index is 0.186. The Morgan fingerprint density at radius 2 is 2.55 bits per heavy atom. The van der Waals surface area contributed by atoms with Gasteiger partial charge in [-0.1, -0.05) is 6.92 Å². The monoisotopic (exact) mass is 170 g/mol. The molecule has 0 amide bonds. The van der Waals surface area contributed by atoms with Gasteiger partial charge in [-0.05, 0) is 6.42 Å². The lowest BCUT2D eigenvalue weighted by molar-refractivity contribution is -0.111. The van der Waals surface area contributed by atoms with Crippen molar-refractivity contribution in [3.05, 3.63) is 18.7 Å². The Hall–Kier alpha value is -0.770. The van der Waals surface area contributed by atoms with E-state index in [9.17, 15) is 4.79 Å². The second kappa shape index (κ2) is 4.18. The van der Waals surface area contributed by atoms with Crippen LogP contribution in [0.25, 0.3) is 0 Å². The van der Waals surface area contributed by atoms with Gasteiger partial charge >= 0.3 is 0 Å². The van der Waals surface area contributed by atoms with Gasteiger partial charge in [-0.25, -0.2) is 4.98 Å². The quantitative estimate of drug-likeness (QED) is 0.692. The molecule has 0 aliphatic carbocycles. The Bertz CT molecular complexity index is 220. The molecule has 1 aromatic heterocycles. The van der Waals surface area contributed by atoms with Gasteiger partial charge in [0.05, 0.1) is 0 Å². The minimum Gasteiger partial charge on any atom is -0.285 e. The Balaban J connectivity index is 2.37. The van der Waals surface area contributed by atoms with Crippen LogP contribution in [-0.2, 0) is 4.79 Å². The Kier molecular flexibility index (Phi) is 3.16. The Morgan fingerprint density at radius 3 is 3.09 bits per heavy atom. The normalized spacial score (nSPS) is 9.91. The van der Waals surface area contributed by atoms with E-state index in [1.54, 1.807) is 22.7 Å². The maximum atomic E-state index is 11.0. The first-order valence-electron chi connectivity index (χ1n) is 3.52. The van der Waals surface area contributed by atoms with E-state index in [4.69, 9.17) is 0 Å². The summed E-state index contributed by atoms with van der Waals surface area (Å²) >= 11 is 1.19. The van der Waals surface area contributed by atoms with E-state index in [1.165, 1.54) is 11.9 Å². The van der Waals surface area contributed by atoms with Crippen LogP contribution in [0, 0.1) is 0 Å². The highest BCUT2D eigenvalue weighted by atomic mass is 32.2. The van der Waals surface area contributed by atoms with Gasteiger partial charge in [0, 0.05) is 30.8 Å². The number of imidazole rings is 1. The first-order valence-corrected chi connectivity index (χ1v) is 4.29. The maximum Gasteiger partial charge on any atom is 0.209 e. The molecule has 60 valence electrons. The summed E-state index contributed by atoms with van der Waals surface area (Å²) in [6.45, 7) is 1.99. The lowest BCUT2D eigenvalue weighted by atomic mass is 10.4. The van der Waals surface area contributed by atoms with Crippen molar-refractivity contribution in [1.82, 2.24) is 8.96 Å². The lowest BCUT2D eigenvalue weighted by Crippen LogP contribution is -1.93. The van der Waals surface area contributed by atoms with Crippen LogP contribution < -0.4 is 0 Å². The minimum atomic E-state index is 0.186. The van der Waals surface area contributed by atoms with Crippen molar-refractivity contribution in [1.29, 1.82) is 0 Å². The standard InChI is InChI=1S/C7H10N2OS/c1-2-3-7(10)11-9-5-4-8-6-9/h4-6H,2-3H2,1H3. The molecular weight excluding hydrogens is 160 g/mol. The summed E-state index contributed by atoms with van der Waals surface area (Å²) in [5.74, 6) is 0. The first kappa shape index (κ1) is 8.33. The van der Waals surface area contributed by atoms with Gasteiger partial charge in [-0.15, -0.1) is 0 Å². The van der Waals surface area contributed by atoms with E-state index >= 15 is 0 Å². The van der Waals surface area contributed by atoms with Gasteiger partial charge in [-0.3, -0.25) is 8.77 Å². The fourth-order valence-electron chi connectivity index (χ4n) is 0.668. The summed E-state index contributed by atoms with van der Waals surface area (Å²) in [5.41, 5.74) is 0. The SMILES string of the molecule is CCCC(=O)Sn1ccnc1. The zero-order valence-electron chi connectivity index (χ0n) is 6.36. The van der Waals surface area contributed by atoms with Gasteiger partial charge in [0.1, 0.15) is 6.33 Å². The molecule has 0 N–H and O–H groups in total. The molecule has 0 saturated carbocycles. The maximum absolute atomic E-state index is 11.0. The van der Waals surface area contributed by atoms with E-state index in [0.29, 0.717) is 6.42 Å². The summed E-state index contributed by atoms with van der Waals surface area (Å²) in [5, 5.41) is 0.186.